The van der Waals surface area contributed by atoms with Crippen molar-refractivity contribution >= 4 is 0 Å². The van der Waals surface area contributed by atoms with Crippen LogP contribution in [0.5, 0.6) is 0 Å². The van der Waals surface area contributed by atoms with Gasteiger partial charge in [0.25, 0.3) is 0 Å². The summed E-state index contributed by atoms with van der Waals surface area (Å²) >= 11 is 0. The van der Waals surface area contributed by atoms with Gasteiger partial charge in [-0.25, -0.2) is 4.98 Å². The van der Waals surface area contributed by atoms with Crippen molar-refractivity contribution in [2.24, 2.45) is 0 Å². The summed E-state index contributed by atoms with van der Waals surface area (Å²) < 4.78 is 0. The van der Waals surface area contributed by atoms with Gasteiger partial charge in [-0.2, -0.15) is 0 Å². The van der Waals surface area contributed by atoms with Crippen LogP contribution in [0.2, 0.25) is 0 Å². The third kappa shape index (κ3) is 2.72. The first-order chi connectivity index (χ1) is 10.2. The molecule has 0 spiro atoms. The van der Waals surface area contributed by atoms with Gasteiger partial charge in [0.05, 0.1) is 17.1 Å². The van der Waals surface area contributed by atoms with Gasteiger partial charge in [0, 0.05) is 18.2 Å². The smallest absolute Gasteiger partial charge is 0.107 e. The van der Waals surface area contributed by atoms with Gasteiger partial charge in [-0.3, -0.25) is 4.98 Å². The molecule has 3 nitrogen and oxygen atoms in total. The largest absolute Gasteiger partial charge is 0.340 e. The lowest BCUT2D eigenvalue weighted by atomic mass is 10.0. The fraction of sp³-hybridized carbons (Fsp3) is 0.222. The molecule has 0 aliphatic rings. The zero-order chi connectivity index (χ0) is 14.8. The number of benzene rings is 1. The van der Waals surface area contributed by atoms with E-state index in [4.69, 9.17) is 4.98 Å². The number of hydrogen-bond acceptors (Lipinski definition) is 2. The molecular formula is C18H19N3. The van der Waals surface area contributed by atoms with Crippen LogP contribution in [-0.4, -0.2) is 15.0 Å². The molecule has 0 bridgehead atoms. The van der Waals surface area contributed by atoms with Crippen LogP contribution in [0, 0.1) is 13.8 Å². The Hall–Kier alpha value is -2.42. The molecule has 0 unspecified atom stereocenters. The first-order valence-corrected chi connectivity index (χ1v) is 7.26. The first-order valence-electron chi connectivity index (χ1n) is 7.26. The van der Waals surface area contributed by atoms with E-state index in [0.717, 1.165) is 34.9 Å². The van der Waals surface area contributed by atoms with Crippen LogP contribution in [0.25, 0.3) is 22.6 Å². The highest BCUT2D eigenvalue weighted by molar-refractivity contribution is 5.77. The highest BCUT2D eigenvalue weighted by Crippen LogP contribution is 2.30. The summed E-state index contributed by atoms with van der Waals surface area (Å²) in [6.45, 7) is 6.33. The maximum absolute atomic E-state index is 4.76. The van der Waals surface area contributed by atoms with Crippen molar-refractivity contribution < 1.29 is 0 Å². The van der Waals surface area contributed by atoms with Crippen molar-refractivity contribution in [1.29, 1.82) is 0 Å². The summed E-state index contributed by atoms with van der Waals surface area (Å²) in [6, 6.07) is 12.5. The number of aromatic amines is 1. The Morgan fingerprint density at radius 2 is 1.81 bits per heavy atom. The van der Waals surface area contributed by atoms with Crippen molar-refractivity contribution in [2.75, 3.05) is 0 Å². The summed E-state index contributed by atoms with van der Waals surface area (Å²) in [7, 11) is 0. The normalized spacial score (nSPS) is 10.8. The van der Waals surface area contributed by atoms with Crippen molar-refractivity contribution in [3.05, 3.63) is 59.5 Å². The molecule has 3 heteroatoms. The van der Waals surface area contributed by atoms with Crippen LogP contribution in [-0.2, 0) is 6.42 Å². The van der Waals surface area contributed by atoms with Crippen molar-refractivity contribution in [1.82, 2.24) is 15.0 Å². The van der Waals surface area contributed by atoms with Gasteiger partial charge < -0.3 is 4.98 Å². The molecule has 0 saturated carbocycles. The minimum atomic E-state index is 0.880. The third-order valence-corrected chi connectivity index (χ3v) is 3.50. The monoisotopic (exact) mass is 277 g/mol. The number of aryl methyl sites for hydroxylation is 3. The van der Waals surface area contributed by atoms with Gasteiger partial charge >= 0.3 is 0 Å². The molecule has 2 heterocycles. The van der Waals surface area contributed by atoms with Crippen molar-refractivity contribution in [2.45, 2.75) is 27.2 Å². The maximum atomic E-state index is 4.76. The Kier molecular flexibility index (Phi) is 3.57. The van der Waals surface area contributed by atoms with E-state index in [0.29, 0.717) is 0 Å². The van der Waals surface area contributed by atoms with E-state index in [1.54, 1.807) is 0 Å². The van der Waals surface area contributed by atoms with E-state index in [1.807, 2.05) is 24.4 Å². The number of nitrogens with zero attached hydrogens (tertiary/aromatic N) is 2. The summed E-state index contributed by atoms with van der Waals surface area (Å²) in [5, 5.41) is 0. The van der Waals surface area contributed by atoms with E-state index in [-0.39, 0.29) is 0 Å². The highest BCUT2D eigenvalue weighted by atomic mass is 14.9. The van der Waals surface area contributed by atoms with Crippen LogP contribution >= 0.6 is 0 Å². The van der Waals surface area contributed by atoms with E-state index in [9.17, 15) is 0 Å². The van der Waals surface area contributed by atoms with Gasteiger partial charge in [0.15, 0.2) is 0 Å². The molecule has 0 saturated heterocycles. The van der Waals surface area contributed by atoms with Gasteiger partial charge in [-0.1, -0.05) is 30.2 Å². The lowest BCUT2D eigenvalue weighted by Crippen LogP contribution is -1.88. The molecule has 1 aromatic carbocycles. The summed E-state index contributed by atoms with van der Waals surface area (Å²) in [5.74, 6) is 0.991. The Bertz CT molecular complexity index is 737. The second-order valence-electron chi connectivity index (χ2n) is 5.35. The van der Waals surface area contributed by atoms with Crippen molar-refractivity contribution in [3.8, 4) is 22.6 Å². The topological polar surface area (TPSA) is 41.6 Å². The average Bonchev–Trinajstić information content (AvgIpc) is 2.91. The third-order valence-electron chi connectivity index (χ3n) is 3.50. The fourth-order valence-electron chi connectivity index (χ4n) is 2.61. The number of H-pyrrole nitrogens is 1. The predicted octanol–water partition coefficient (Wildman–Crippen LogP) is 4.32. The Balaban J connectivity index is 2.20. The van der Waals surface area contributed by atoms with Crippen LogP contribution in [0.15, 0.2) is 42.6 Å². The summed E-state index contributed by atoms with van der Waals surface area (Å²) in [4.78, 5) is 12.6. The minimum absolute atomic E-state index is 0.880. The molecule has 0 aliphatic carbocycles. The Labute approximate surface area is 125 Å². The number of imidazole rings is 1. The van der Waals surface area contributed by atoms with Gasteiger partial charge in [0.2, 0.25) is 0 Å². The fourth-order valence-corrected chi connectivity index (χ4v) is 2.61. The average molecular weight is 277 g/mol. The molecule has 3 aromatic rings. The lowest BCUT2D eigenvalue weighted by molar-refractivity contribution is 0.990. The molecule has 0 radical (unpaired) electrons. The van der Waals surface area contributed by atoms with E-state index < -0.39 is 0 Å². The minimum Gasteiger partial charge on any atom is -0.340 e. The molecule has 0 amide bonds. The van der Waals surface area contributed by atoms with Crippen LogP contribution in [0.4, 0.5) is 0 Å². The molecule has 21 heavy (non-hydrogen) atoms. The maximum Gasteiger partial charge on any atom is 0.107 e. The van der Waals surface area contributed by atoms with E-state index >= 15 is 0 Å². The summed E-state index contributed by atoms with van der Waals surface area (Å²) in [5.41, 5.74) is 6.55. The zero-order valence-electron chi connectivity index (χ0n) is 12.6. The number of pyridine rings is 1. The van der Waals surface area contributed by atoms with Crippen LogP contribution in [0.3, 0.4) is 0 Å². The van der Waals surface area contributed by atoms with E-state index in [2.05, 4.69) is 48.9 Å². The van der Waals surface area contributed by atoms with Gasteiger partial charge in [0.1, 0.15) is 5.82 Å². The Morgan fingerprint density at radius 3 is 2.43 bits per heavy atom. The molecule has 0 fully saturated rings. The molecule has 1 N–H and O–H groups in total. The van der Waals surface area contributed by atoms with Crippen LogP contribution in [0.1, 0.15) is 23.9 Å². The molecule has 106 valence electrons. The zero-order valence-corrected chi connectivity index (χ0v) is 12.6. The number of nitrogens with one attached hydrogen (secondary N) is 1. The molecule has 3 rings (SSSR count). The molecule has 2 aromatic heterocycles. The van der Waals surface area contributed by atoms with Crippen molar-refractivity contribution in [3.63, 3.8) is 0 Å². The second-order valence-corrected chi connectivity index (χ2v) is 5.35. The number of rotatable bonds is 3. The Morgan fingerprint density at radius 1 is 1.05 bits per heavy atom. The number of hydrogen-bond donors (Lipinski definition) is 1. The van der Waals surface area contributed by atoms with E-state index in [1.165, 1.54) is 11.1 Å². The lowest BCUT2D eigenvalue weighted by Gasteiger charge is -2.05. The number of aromatic nitrogens is 3. The second kappa shape index (κ2) is 5.52. The highest BCUT2D eigenvalue weighted by Gasteiger charge is 2.14. The first kappa shape index (κ1) is 13.6. The standard InChI is InChI=1S/C18H19N3/c1-4-16-20-17(14-10-12(2)9-13(3)11-14)18(21-16)15-7-5-6-8-19-15/h5-11H,4H2,1-3H3,(H,20,21). The molecular weight excluding hydrogens is 258 g/mol. The quantitative estimate of drug-likeness (QED) is 0.774. The van der Waals surface area contributed by atoms with Gasteiger partial charge in [-0.15, -0.1) is 0 Å². The SMILES string of the molecule is CCc1nc(-c2cc(C)cc(C)c2)c(-c2ccccn2)[nH]1. The predicted molar refractivity (Wildman–Crippen MR) is 86.1 cm³/mol. The molecule has 0 atom stereocenters. The van der Waals surface area contributed by atoms with Crippen LogP contribution < -0.4 is 0 Å². The van der Waals surface area contributed by atoms with Gasteiger partial charge in [-0.05, 0) is 38.1 Å². The molecule has 0 aliphatic heterocycles. The summed E-state index contributed by atoms with van der Waals surface area (Å²) in [6.07, 6.45) is 2.69.